The van der Waals surface area contributed by atoms with Gasteiger partial charge in [0.1, 0.15) is 6.10 Å². The Balaban J connectivity index is 2.48. The fraction of sp³-hybridized carbons (Fsp3) is 0.667. The summed E-state index contributed by atoms with van der Waals surface area (Å²) in [4.78, 5) is 10.8. The number of hydrogen-bond donors (Lipinski definition) is 1. The molecule has 1 aliphatic heterocycles. The predicted molar refractivity (Wildman–Crippen MR) is 46.9 cm³/mol. The van der Waals surface area contributed by atoms with Crippen molar-refractivity contribution in [1.82, 2.24) is 5.32 Å². The summed E-state index contributed by atoms with van der Waals surface area (Å²) in [7, 11) is 0. The third-order valence-corrected chi connectivity index (χ3v) is 2.20. The lowest BCUT2D eigenvalue weighted by Gasteiger charge is -2.12. The van der Waals surface area contributed by atoms with E-state index in [-0.39, 0.29) is 18.2 Å². The minimum atomic E-state index is -0.295. The molecule has 1 fully saturated rings. The van der Waals surface area contributed by atoms with E-state index < -0.39 is 0 Å². The van der Waals surface area contributed by atoms with Crippen molar-refractivity contribution in [2.45, 2.75) is 39.3 Å². The van der Waals surface area contributed by atoms with Crippen molar-refractivity contribution in [3.8, 4) is 0 Å². The molecule has 2 atom stereocenters. The minimum Gasteiger partial charge on any atom is -0.444 e. The van der Waals surface area contributed by atoms with Gasteiger partial charge in [0.25, 0.3) is 0 Å². The molecular weight excluding hydrogens is 154 g/mol. The second-order valence-electron chi connectivity index (χ2n) is 3.20. The van der Waals surface area contributed by atoms with E-state index in [1.165, 1.54) is 5.57 Å². The third-order valence-electron chi connectivity index (χ3n) is 2.20. The van der Waals surface area contributed by atoms with Crippen molar-refractivity contribution in [3.63, 3.8) is 0 Å². The Labute approximate surface area is 72.8 Å². The molecule has 0 bridgehead atoms. The number of hydrogen-bond acceptors (Lipinski definition) is 2. The summed E-state index contributed by atoms with van der Waals surface area (Å²) in [5.74, 6) is 0. The van der Waals surface area contributed by atoms with Gasteiger partial charge in [0.2, 0.25) is 0 Å². The first-order chi connectivity index (χ1) is 5.63. The molecule has 1 heterocycles. The summed E-state index contributed by atoms with van der Waals surface area (Å²) < 4.78 is 4.94. The molecule has 0 spiro atoms. The first-order valence-electron chi connectivity index (χ1n) is 4.22. The summed E-state index contributed by atoms with van der Waals surface area (Å²) in [6.07, 6.45) is 2.63. The predicted octanol–water partition coefficient (Wildman–Crippen LogP) is 1.84. The van der Waals surface area contributed by atoms with Crippen molar-refractivity contribution in [2.24, 2.45) is 0 Å². The van der Waals surface area contributed by atoms with Gasteiger partial charge in [-0.2, -0.15) is 0 Å². The highest BCUT2D eigenvalue weighted by atomic mass is 16.6. The molecule has 2 unspecified atom stereocenters. The molecule has 3 nitrogen and oxygen atoms in total. The van der Waals surface area contributed by atoms with Crippen LogP contribution in [-0.4, -0.2) is 18.2 Å². The summed E-state index contributed by atoms with van der Waals surface area (Å²) in [5, 5.41) is 2.77. The monoisotopic (exact) mass is 169 g/mol. The SMILES string of the molecule is C/C=C(/C)CC1NC(=O)OC1C. The standard InChI is InChI=1S/C9H15NO2/c1-4-6(2)5-8-7(3)12-9(11)10-8/h4,7-8H,5H2,1-3H3,(H,10,11)/b6-4-. The summed E-state index contributed by atoms with van der Waals surface area (Å²) in [6.45, 7) is 5.96. The molecule has 0 aromatic heterocycles. The van der Waals surface area contributed by atoms with Gasteiger partial charge in [-0.15, -0.1) is 0 Å². The van der Waals surface area contributed by atoms with E-state index in [9.17, 15) is 4.79 Å². The topological polar surface area (TPSA) is 38.3 Å². The maximum absolute atomic E-state index is 10.8. The summed E-state index contributed by atoms with van der Waals surface area (Å²) in [6, 6.07) is 0.147. The van der Waals surface area contributed by atoms with Gasteiger partial charge in [-0.1, -0.05) is 11.6 Å². The number of rotatable bonds is 2. The average Bonchev–Trinajstić information content (AvgIpc) is 2.30. The van der Waals surface area contributed by atoms with Gasteiger partial charge in [0.15, 0.2) is 0 Å². The quantitative estimate of drug-likeness (QED) is 0.640. The van der Waals surface area contributed by atoms with Crippen LogP contribution in [-0.2, 0) is 4.74 Å². The van der Waals surface area contributed by atoms with Crippen LogP contribution in [0, 0.1) is 0 Å². The Bertz CT molecular complexity index is 211. The van der Waals surface area contributed by atoms with Crippen LogP contribution in [0.25, 0.3) is 0 Å². The molecule has 1 amide bonds. The van der Waals surface area contributed by atoms with Crippen molar-refractivity contribution in [3.05, 3.63) is 11.6 Å². The zero-order chi connectivity index (χ0) is 9.14. The number of carbonyl (C=O) groups is 1. The maximum Gasteiger partial charge on any atom is 0.407 e. The Hall–Kier alpha value is -0.990. The Morgan fingerprint density at radius 1 is 1.75 bits per heavy atom. The molecule has 1 saturated heterocycles. The summed E-state index contributed by atoms with van der Waals surface area (Å²) >= 11 is 0. The molecule has 1 rings (SSSR count). The van der Waals surface area contributed by atoms with Crippen LogP contribution in [0.15, 0.2) is 11.6 Å². The second-order valence-corrected chi connectivity index (χ2v) is 3.20. The van der Waals surface area contributed by atoms with E-state index in [1.54, 1.807) is 0 Å². The van der Waals surface area contributed by atoms with E-state index in [0.717, 1.165) is 6.42 Å². The van der Waals surface area contributed by atoms with E-state index >= 15 is 0 Å². The van der Waals surface area contributed by atoms with Crippen LogP contribution in [0.4, 0.5) is 4.79 Å². The molecule has 3 heteroatoms. The normalized spacial score (nSPS) is 29.9. The number of alkyl carbamates (subject to hydrolysis) is 1. The lowest BCUT2D eigenvalue weighted by molar-refractivity contribution is 0.141. The number of allylic oxidation sites excluding steroid dienone is 1. The van der Waals surface area contributed by atoms with Crippen molar-refractivity contribution in [1.29, 1.82) is 0 Å². The van der Waals surface area contributed by atoms with Crippen molar-refractivity contribution < 1.29 is 9.53 Å². The number of ether oxygens (including phenoxy) is 1. The second kappa shape index (κ2) is 3.61. The molecule has 0 radical (unpaired) electrons. The minimum absolute atomic E-state index is 0.00704. The molecule has 0 aliphatic carbocycles. The molecule has 12 heavy (non-hydrogen) atoms. The highest BCUT2D eigenvalue weighted by molar-refractivity contribution is 5.70. The first kappa shape index (κ1) is 9.10. The Morgan fingerprint density at radius 3 is 2.83 bits per heavy atom. The molecule has 0 saturated carbocycles. The molecule has 1 N–H and O–H groups in total. The molecule has 1 aliphatic rings. The number of cyclic esters (lactones) is 1. The van der Waals surface area contributed by atoms with Crippen molar-refractivity contribution >= 4 is 6.09 Å². The van der Waals surface area contributed by atoms with Crippen LogP contribution < -0.4 is 5.32 Å². The van der Waals surface area contributed by atoms with Gasteiger partial charge in [0.05, 0.1) is 6.04 Å². The third kappa shape index (κ3) is 2.00. The molecule has 0 aromatic carbocycles. The van der Waals surface area contributed by atoms with E-state index in [4.69, 9.17) is 4.74 Å². The number of carbonyl (C=O) groups excluding carboxylic acids is 1. The van der Waals surface area contributed by atoms with E-state index in [1.807, 2.05) is 13.8 Å². The van der Waals surface area contributed by atoms with Gasteiger partial charge in [-0.3, -0.25) is 0 Å². The van der Waals surface area contributed by atoms with Crippen LogP contribution in [0.1, 0.15) is 27.2 Å². The summed E-state index contributed by atoms with van der Waals surface area (Å²) in [5.41, 5.74) is 1.28. The average molecular weight is 169 g/mol. The van der Waals surface area contributed by atoms with Crippen LogP contribution in [0.3, 0.4) is 0 Å². The smallest absolute Gasteiger partial charge is 0.407 e. The first-order valence-corrected chi connectivity index (χ1v) is 4.22. The maximum atomic E-state index is 10.8. The zero-order valence-corrected chi connectivity index (χ0v) is 7.76. The van der Waals surface area contributed by atoms with E-state index in [2.05, 4.69) is 18.3 Å². The molecular formula is C9H15NO2. The largest absolute Gasteiger partial charge is 0.444 e. The molecule has 0 aromatic rings. The van der Waals surface area contributed by atoms with Crippen LogP contribution in [0.2, 0.25) is 0 Å². The van der Waals surface area contributed by atoms with Gasteiger partial charge < -0.3 is 10.1 Å². The Morgan fingerprint density at radius 2 is 2.42 bits per heavy atom. The van der Waals surface area contributed by atoms with Crippen LogP contribution in [0.5, 0.6) is 0 Å². The molecule has 68 valence electrons. The lowest BCUT2D eigenvalue weighted by Crippen LogP contribution is -2.30. The lowest BCUT2D eigenvalue weighted by atomic mass is 10.0. The van der Waals surface area contributed by atoms with Crippen LogP contribution >= 0.6 is 0 Å². The van der Waals surface area contributed by atoms with Gasteiger partial charge in [0, 0.05) is 0 Å². The highest BCUT2D eigenvalue weighted by Crippen LogP contribution is 2.15. The van der Waals surface area contributed by atoms with Gasteiger partial charge >= 0.3 is 6.09 Å². The number of nitrogens with one attached hydrogen (secondary N) is 1. The number of amides is 1. The van der Waals surface area contributed by atoms with Gasteiger partial charge in [-0.05, 0) is 27.2 Å². The van der Waals surface area contributed by atoms with Gasteiger partial charge in [-0.25, -0.2) is 4.79 Å². The van der Waals surface area contributed by atoms with E-state index in [0.29, 0.717) is 0 Å². The van der Waals surface area contributed by atoms with Crippen molar-refractivity contribution in [2.75, 3.05) is 0 Å². The fourth-order valence-corrected chi connectivity index (χ4v) is 1.24. The zero-order valence-electron chi connectivity index (χ0n) is 7.76. The fourth-order valence-electron chi connectivity index (χ4n) is 1.24. The highest BCUT2D eigenvalue weighted by Gasteiger charge is 2.29. The Kier molecular flexibility index (Phi) is 2.74.